The van der Waals surface area contributed by atoms with Crippen LogP contribution >= 0.6 is 0 Å². The van der Waals surface area contributed by atoms with Crippen LogP contribution in [0.1, 0.15) is 17.3 Å². The van der Waals surface area contributed by atoms with Crippen molar-refractivity contribution in [2.45, 2.75) is 6.92 Å². The molecule has 7 nitrogen and oxygen atoms in total. The van der Waals surface area contributed by atoms with Gasteiger partial charge in [-0.15, -0.1) is 0 Å². The van der Waals surface area contributed by atoms with Crippen molar-refractivity contribution in [3.8, 4) is 5.75 Å². The Morgan fingerprint density at radius 1 is 1.55 bits per heavy atom. The second-order valence-corrected chi connectivity index (χ2v) is 5.32. The number of methoxy groups -OCH3 is 1. The highest BCUT2D eigenvalue weighted by atomic mass is 16.5. The Morgan fingerprint density at radius 3 is 2.91 bits per heavy atom. The average Bonchev–Trinajstić information content (AvgIpc) is 2.97. The smallest absolute Gasteiger partial charge is 0.322 e. The summed E-state index contributed by atoms with van der Waals surface area (Å²) < 4.78 is 5.29. The van der Waals surface area contributed by atoms with Gasteiger partial charge in [-0.2, -0.15) is 0 Å². The minimum absolute atomic E-state index is 0.187. The molecule has 1 atom stereocenters. The maximum Gasteiger partial charge on any atom is 0.322 e. The van der Waals surface area contributed by atoms with Crippen LogP contribution in [0.4, 0.5) is 10.5 Å². The van der Waals surface area contributed by atoms with Crippen molar-refractivity contribution in [3.05, 3.63) is 23.8 Å². The van der Waals surface area contributed by atoms with Crippen LogP contribution in [0.25, 0.3) is 0 Å². The summed E-state index contributed by atoms with van der Waals surface area (Å²) in [5.41, 5.74) is 6.62. The number of nitrogens with two attached hydrogens (primary N) is 1. The van der Waals surface area contributed by atoms with E-state index >= 15 is 0 Å². The lowest BCUT2D eigenvalue weighted by molar-refractivity contribution is 0.0948. The molecule has 7 heteroatoms. The number of anilines is 1. The lowest BCUT2D eigenvalue weighted by Gasteiger charge is -2.19. The summed E-state index contributed by atoms with van der Waals surface area (Å²) >= 11 is 0. The van der Waals surface area contributed by atoms with Crippen LogP contribution < -0.4 is 26.0 Å². The third kappa shape index (κ3) is 3.48. The van der Waals surface area contributed by atoms with Gasteiger partial charge in [0.15, 0.2) is 0 Å². The minimum Gasteiger partial charge on any atom is -0.495 e. The monoisotopic (exact) mass is 306 g/mol. The lowest BCUT2D eigenvalue weighted by atomic mass is 10.1. The van der Waals surface area contributed by atoms with E-state index in [1.165, 1.54) is 7.11 Å². The molecule has 22 heavy (non-hydrogen) atoms. The number of benzene rings is 1. The molecule has 1 aliphatic rings. The Labute approximate surface area is 129 Å². The second-order valence-electron chi connectivity index (χ2n) is 5.32. The molecule has 1 saturated heterocycles. The fraction of sp³-hybridized carbons (Fsp3) is 0.467. The molecule has 0 radical (unpaired) electrons. The van der Waals surface area contributed by atoms with Crippen LogP contribution in [0, 0.1) is 5.92 Å². The quantitative estimate of drug-likeness (QED) is 0.715. The topological polar surface area (TPSA) is 96.7 Å². The first kappa shape index (κ1) is 16.1. The summed E-state index contributed by atoms with van der Waals surface area (Å²) in [6.45, 7) is 4.12. The predicted molar refractivity (Wildman–Crippen MR) is 84.3 cm³/mol. The Kier molecular flexibility index (Phi) is 5.21. The van der Waals surface area contributed by atoms with Gasteiger partial charge < -0.3 is 21.1 Å². The summed E-state index contributed by atoms with van der Waals surface area (Å²) in [7, 11) is 1.54. The molecule has 120 valence electrons. The van der Waals surface area contributed by atoms with Crippen LogP contribution in [0.5, 0.6) is 5.75 Å². The van der Waals surface area contributed by atoms with E-state index in [1.54, 1.807) is 23.1 Å². The Balaban J connectivity index is 2.19. The van der Waals surface area contributed by atoms with Crippen molar-refractivity contribution in [2.24, 2.45) is 11.7 Å². The molecule has 1 unspecified atom stereocenters. The predicted octanol–water partition coefficient (Wildman–Crippen LogP) is 0.549. The molecular formula is C15H22N4O3. The van der Waals surface area contributed by atoms with Crippen molar-refractivity contribution in [2.75, 3.05) is 38.2 Å². The molecule has 2 rings (SSSR count). The summed E-state index contributed by atoms with van der Waals surface area (Å²) in [6.07, 6.45) is 0. The third-order valence-electron chi connectivity index (χ3n) is 3.60. The van der Waals surface area contributed by atoms with Crippen LogP contribution in [-0.2, 0) is 0 Å². The molecule has 0 bridgehead atoms. The molecule has 0 aliphatic carbocycles. The van der Waals surface area contributed by atoms with Gasteiger partial charge in [0.05, 0.1) is 12.8 Å². The van der Waals surface area contributed by atoms with E-state index in [9.17, 15) is 9.59 Å². The normalized spacial score (nSPS) is 15.4. The van der Waals surface area contributed by atoms with E-state index in [0.717, 1.165) is 0 Å². The van der Waals surface area contributed by atoms with E-state index in [-0.39, 0.29) is 17.9 Å². The summed E-state index contributed by atoms with van der Waals surface area (Å²) in [6, 6.07) is 4.86. The maximum absolute atomic E-state index is 12.2. The fourth-order valence-electron chi connectivity index (χ4n) is 2.20. The maximum atomic E-state index is 12.2. The molecule has 1 aromatic rings. The van der Waals surface area contributed by atoms with Gasteiger partial charge >= 0.3 is 6.03 Å². The van der Waals surface area contributed by atoms with Crippen LogP contribution in [0.15, 0.2) is 18.2 Å². The molecular weight excluding hydrogens is 284 g/mol. The zero-order chi connectivity index (χ0) is 16.1. The zero-order valence-electron chi connectivity index (χ0n) is 12.9. The Hall–Kier alpha value is -2.28. The highest BCUT2D eigenvalue weighted by Gasteiger charge is 2.25. The third-order valence-corrected chi connectivity index (χ3v) is 3.60. The molecule has 0 saturated carbocycles. The number of ether oxygens (including phenoxy) is 1. The van der Waals surface area contributed by atoms with Crippen molar-refractivity contribution in [1.29, 1.82) is 0 Å². The zero-order valence-corrected chi connectivity index (χ0v) is 12.9. The number of hydrogen-bond donors (Lipinski definition) is 3. The first-order chi connectivity index (χ1) is 10.6. The molecule has 0 spiro atoms. The summed E-state index contributed by atoms with van der Waals surface area (Å²) in [4.78, 5) is 25.6. The molecule has 1 heterocycles. The summed E-state index contributed by atoms with van der Waals surface area (Å²) in [5, 5.41) is 5.57. The van der Waals surface area contributed by atoms with E-state index in [1.807, 2.05) is 6.92 Å². The fourth-order valence-corrected chi connectivity index (χ4v) is 2.20. The number of rotatable bonds is 6. The number of hydrogen-bond acceptors (Lipinski definition) is 4. The van der Waals surface area contributed by atoms with E-state index in [0.29, 0.717) is 43.2 Å². The largest absolute Gasteiger partial charge is 0.495 e. The van der Waals surface area contributed by atoms with Gasteiger partial charge in [0.1, 0.15) is 5.75 Å². The molecule has 3 amide bonds. The first-order valence-corrected chi connectivity index (χ1v) is 7.28. The van der Waals surface area contributed by atoms with Crippen molar-refractivity contribution in [1.82, 2.24) is 10.6 Å². The summed E-state index contributed by atoms with van der Waals surface area (Å²) in [5.74, 6) is 0.582. The molecule has 1 aliphatic heterocycles. The SMILES string of the molecule is COc1ccc(C(=O)NCC(C)CN)cc1N1CCNC1=O. The van der Waals surface area contributed by atoms with Gasteiger partial charge in [-0.1, -0.05) is 6.92 Å². The van der Waals surface area contributed by atoms with Crippen LogP contribution in [0.2, 0.25) is 0 Å². The Morgan fingerprint density at radius 2 is 2.32 bits per heavy atom. The first-order valence-electron chi connectivity index (χ1n) is 7.28. The van der Waals surface area contributed by atoms with Gasteiger partial charge in [0.25, 0.3) is 5.91 Å². The molecule has 4 N–H and O–H groups in total. The highest BCUT2D eigenvalue weighted by Crippen LogP contribution is 2.30. The lowest BCUT2D eigenvalue weighted by Crippen LogP contribution is -2.32. The van der Waals surface area contributed by atoms with E-state index in [4.69, 9.17) is 10.5 Å². The number of amides is 3. The molecule has 1 aromatic carbocycles. The molecule has 1 fully saturated rings. The number of carbonyl (C=O) groups is 2. The standard InChI is InChI=1S/C15H22N4O3/c1-10(8-16)9-18-14(20)11-3-4-13(22-2)12(7-11)19-6-5-17-15(19)21/h3-4,7,10H,5-6,8-9,16H2,1-2H3,(H,17,21)(H,18,20). The number of urea groups is 1. The van der Waals surface area contributed by atoms with Gasteiger partial charge in [-0.25, -0.2) is 4.79 Å². The number of nitrogens with one attached hydrogen (secondary N) is 2. The van der Waals surface area contributed by atoms with Gasteiger partial charge in [-0.3, -0.25) is 9.69 Å². The van der Waals surface area contributed by atoms with Crippen LogP contribution in [-0.4, -0.2) is 45.2 Å². The van der Waals surface area contributed by atoms with Crippen molar-refractivity contribution >= 4 is 17.6 Å². The van der Waals surface area contributed by atoms with Gasteiger partial charge in [0.2, 0.25) is 0 Å². The van der Waals surface area contributed by atoms with Gasteiger partial charge in [0, 0.05) is 25.2 Å². The highest BCUT2D eigenvalue weighted by molar-refractivity contribution is 5.99. The number of carbonyl (C=O) groups excluding carboxylic acids is 2. The number of nitrogens with zero attached hydrogens (tertiary/aromatic N) is 1. The van der Waals surface area contributed by atoms with Crippen molar-refractivity contribution in [3.63, 3.8) is 0 Å². The van der Waals surface area contributed by atoms with Crippen LogP contribution in [0.3, 0.4) is 0 Å². The van der Waals surface area contributed by atoms with E-state index in [2.05, 4.69) is 10.6 Å². The molecule has 0 aromatic heterocycles. The van der Waals surface area contributed by atoms with E-state index < -0.39 is 0 Å². The van der Waals surface area contributed by atoms with Crippen molar-refractivity contribution < 1.29 is 14.3 Å². The Bertz CT molecular complexity index is 562. The minimum atomic E-state index is -0.191. The second kappa shape index (κ2) is 7.13. The average molecular weight is 306 g/mol. The van der Waals surface area contributed by atoms with Gasteiger partial charge in [-0.05, 0) is 30.7 Å².